The Morgan fingerprint density at radius 3 is 2.48 bits per heavy atom. The molecule has 0 fully saturated rings. The summed E-state index contributed by atoms with van der Waals surface area (Å²) in [5.74, 6) is 0.453. The summed E-state index contributed by atoms with van der Waals surface area (Å²) < 4.78 is 0. The summed E-state index contributed by atoms with van der Waals surface area (Å²) in [6.07, 6.45) is 1.80. The zero-order chi connectivity index (χ0) is 14.8. The maximum absolute atomic E-state index is 12.0. The van der Waals surface area contributed by atoms with Crippen LogP contribution in [0.15, 0.2) is 59.2 Å². The molecule has 0 spiro atoms. The molecular formula is C18H16N2O. The quantitative estimate of drug-likeness (QED) is 0.841. The van der Waals surface area contributed by atoms with Crippen LogP contribution in [0.2, 0.25) is 0 Å². The SMILES string of the molecule is Cc1ccc(/C=C2/N=C(c3cccc(C)c3)NC2=O)cc1. The normalized spacial score (nSPS) is 16.0. The number of carbonyl (C=O) groups excluding carboxylic acids is 1. The number of aryl methyl sites for hydroxylation is 2. The van der Waals surface area contributed by atoms with Crippen LogP contribution in [0.4, 0.5) is 0 Å². The lowest BCUT2D eigenvalue weighted by atomic mass is 10.1. The molecule has 1 amide bonds. The van der Waals surface area contributed by atoms with Crippen LogP contribution < -0.4 is 5.32 Å². The Morgan fingerprint density at radius 2 is 1.76 bits per heavy atom. The van der Waals surface area contributed by atoms with E-state index in [-0.39, 0.29) is 5.91 Å². The second kappa shape index (κ2) is 5.37. The van der Waals surface area contributed by atoms with Crippen molar-refractivity contribution in [2.24, 2.45) is 4.99 Å². The van der Waals surface area contributed by atoms with Gasteiger partial charge in [0.2, 0.25) is 0 Å². The van der Waals surface area contributed by atoms with E-state index in [0.29, 0.717) is 11.5 Å². The van der Waals surface area contributed by atoms with Gasteiger partial charge in [0.1, 0.15) is 11.5 Å². The zero-order valence-electron chi connectivity index (χ0n) is 12.1. The van der Waals surface area contributed by atoms with E-state index in [1.54, 1.807) is 6.08 Å². The molecule has 0 atom stereocenters. The molecule has 3 nitrogen and oxygen atoms in total. The third kappa shape index (κ3) is 2.92. The van der Waals surface area contributed by atoms with Crippen molar-refractivity contribution in [3.63, 3.8) is 0 Å². The van der Waals surface area contributed by atoms with E-state index in [1.807, 2.05) is 62.4 Å². The molecule has 1 N–H and O–H groups in total. The van der Waals surface area contributed by atoms with Gasteiger partial charge in [-0.25, -0.2) is 4.99 Å². The molecule has 0 aliphatic carbocycles. The standard InChI is InChI=1S/C18H16N2O/c1-12-6-8-14(9-7-12)11-16-18(21)20-17(19-16)15-5-3-4-13(2)10-15/h3-11H,1-2H3,(H,19,20,21)/b16-11+. The van der Waals surface area contributed by atoms with E-state index >= 15 is 0 Å². The Hall–Kier alpha value is -2.68. The first kappa shape index (κ1) is 13.3. The molecule has 0 aromatic heterocycles. The minimum atomic E-state index is -0.160. The summed E-state index contributed by atoms with van der Waals surface area (Å²) in [5.41, 5.74) is 4.67. The van der Waals surface area contributed by atoms with E-state index in [2.05, 4.69) is 10.3 Å². The van der Waals surface area contributed by atoms with Crippen molar-refractivity contribution in [1.82, 2.24) is 5.32 Å². The minimum absolute atomic E-state index is 0.160. The summed E-state index contributed by atoms with van der Waals surface area (Å²) in [4.78, 5) is 16.4. The zero-order valence-corrected chi connectivity index (χ0v) is 12.1. The first-order valence-corrected chi connectivity index (χ1v) is 6.87. The van der Waals surface area contributed by atoms with Crippen molar-refractivity contribution < 1.29 is 4.79 Å². The molecule has 3 heteroatoms. The first-order chi connectivity index (χ1) is 10.1. The summed E-state index contributed by atoms with van der Waals surface area (Å²) in [7, 11) is 0. The number of rotatable bonds is 2. The van der Waals surface area contributed by atoms with E-state index < -0.39 is 0 Å². The number of amidine groups is 1. The molecule has 0 radical (unpaired) electrons. The number of hydrogen-bond donors (Lipinski definition) is 1. The van der Waals surface area contributed by atoms with Gasteiger partial charge in [-0.15, -0.1) is 0 Å². The lowest BCUT2D eigenvalue weighted by Gasteiger charge is -2.00. The van der Waals surface area contributed by atoms with Crippen LogP contribution >= 0.6 is 0 Å². The summed E-state index contributed by atoms with van der Waals surface area (Å²) in [6, 6.07) is 15.9. The molecule has 0 saturated heterocycles. The van der Waals surface area contributed by atoms with Crippen molar-refractivity contribution in [3.05, 3.63) is 76.5 Å². The largest absolute Gasteiger partial charge is 0.305 e. The third-order valence-corrected chi connectivity index (χ3v) is 3.37. The average molecular weight is 276 g/mol. The van der Waals surface area contributed by atoms with Crippen LogP contribution in [0.5, 0.6) is 0 Å². The fourth-order valence-electron chi connectivity index (χ4n) is 2.22. The van der Waals surface area contributed by atoms with Gasteiger partial charge in [-0.1, -0.05) is 53.6 Å². The van der Waals surface area contributed by atoms with Gasteiger partial charge in [-0.05, 0) is 31.6 Å². The number of benzene rings is 2. The Balaban J connectivity index is 1.93. The maximum Gasteiger partial charge on any atom is 0.275 e. The predicted molar refractivity (Wildman–Crippen MR) is 85.0 cm³/mol. The molecule has 0 unspecified atom stereocenters. The number of amides is 1. The molecule has 1 aliphatic rings. The molecule has 1 aliphatic heterocycles. The predicted octanol–water partition coefficient (Wildman–Crippen LogP) is 3.22. The molecule has 0 saturated carbocycles. The monoisotopic (exact) mass is 276 g/mol. The van der Waals surface area contributed by atoms with Gasteiger partial charge in [0.15, 0.2) is 0 Å². The van der Waals surface area contributed by atoms with Crippen LogP contribution in [0, 0.1) is 13.8 Å². The van der Waals surface area contributed by atoms with Gasteiger partial charge in [0.05, 0.1) is 0 Å². The molecule has 2 aromatic rings. The second-order valence-corrected chi connectivity index (χ2v) is 5.22. The van der Waals surface area contributed by atoms with Crippen LogP contribution in [-0.4, -0.2) is 11.7 Å². The number of hydrogen-bond acceptors (Lipinski definition) is 2. The van der Waals surface area contributed by atoms with E-state index in [0.717, 1.165) is 16.7 Å². The van der Waals surface area contributed by atoms with Crippen molar-refractivity contribution in [2.45, 2.75) is 13.8 Å². The number of nitrogens with zero attached hydrogens (tertiary/aromatic N) is 1. The maximum atomic E-state index is 12.0. The second-order valence-electron chi connectivity index (χ2n) is 5.22. The van der Waals surface area contributed by atoms with Gasteiger partial charge in [-0.3, -0.25) is 4.79 Å². The Bertz CT molecular complexity index is 755. The molecular weight excluding hydrogens is 260 g/mol. The smallest absolute Gasteiger partial charge is 0.275 e. The average Bonchev–Trinajstić information content (AvgIpc) is 2.83. The fraction of sp³-hybridized carbons (Fsp3) is 0.111. The van der Waals surface area contributed by atoms with E-state index in [1.165, 1.54) is 5.56 Å². The van der Waals surface area contributed by atoms with Crippen LogP contribution in [-0.2, 0) is 4.79 Å². The number of nitrogens with one attached hydrogen (secondary N) is 1. The highest BCUT2D eigenvalue weighted by atomic mass is 16.2. The van der Waals surface area contributed by atoms with Crippen molar-refractivity contribution in [1.29, 1.82) is 0 Å². The Morgan fingerprint density at radius 1 is 1.00 bits per heavy atom. The molecule has 2 aromatic carbocycles. The van der Waals surface area contributed by atoms with Gasteiger partial charge in [-0.2, -0.15) is 0 Å². The van der Waals surface area contributed by atoms with Crippen LogP contribution in [0.3, 0.4) is 0 Å². The van der Waals surface area contributed by atoms with E-state index in [4.69, 9.17) is 0 Å². The summed E-state index contributed by atoms with van der Waals surface area (Å²) >= 11 is 0. The van der Waals surface area contributed by atoms with Gasteiger partial charge in [0, 0.05) is 5.56 Å². The number of aliphatic imine (C=N–C) groups is 1. The van der Waals surface area contributed by atoms with E-state index in [9.17, 15) is 4.79 Å². The number of carbonyl (C=O) groups is 1. The van der Waals surface area contributed by atoms with Crippen LogP contribution in [0.1, 0.15) is 22.3 Å². The van der Waals surface area contributed by atoms with Crippen LogP contribution in [0.25, 0.3) is 6.08 Å². The highest BCUT2D eigenvalue weighted by Gasteiger charge is 2.20. The molecule has 0 bridgehead atoms. The third-order valence-electron chi connectivity index (χ3n) is 3.37. The molecule has 3 rings (SSSR count). The van der Waals surface area contributed by atoms with Gasteiger partial charge in [0.25, 0.3) is 5.91 Å². The molecule has 104 valence electrons. The molecule has 1 heterocycles. The van der Waals surface area contributed by atoms with Crippen molar-refractivity contribution in [3.8, 4) is 0 Å². The first-order valence-electron chi connectivity index (χ1n) is 6.87. The Labute approximate surface area is 124 Å². The Kier molecular flexibility index (Phi) is 3.40. The highest BCUT2D eigenvalue weighted by molar-refractivity contribution is 6.19. The highest BCUT2D eigenvalue weighted by Crippen LogP contribution is 2.16. The fourth-order valence-corrected chi connectivity index (χ4v) is 2.22. The minimum Gasteiger partial charge on any atom is -0.305 e. The summed E-state index contributed by atoms with van der Waals surface area (Å²) in [5, 5.41) is 2.82. The van der Waals surface area contributed by atoms with Gasteiger partial charge < -0.3 is 5.32 Å². The topological polar surface area (TPSA) is 41.5 Å². The van der Waals surface area contributed by atoms with Crippen molar-refractivity contribution >= 4 is 17.8 Å². The van der Waals surface area contributed by atoms with Crippen molar-refractivity contribution in [2.75, 3.05) is 0 Å². The molecule has 21 heavy (non-hydrogen) atoms. The summed E-state index contributed by atoms with van der Waals surface area (Å²) in [6.45, 7) is 4.05. The lowest BCUT2D eigenvalue weighted by molar-refractivity contribution is -0.115. The van der Waals surface area contributed by atoms with Gasteiger partial charge >= 0.3 is 0 Å². The lowest BCUT2D eigenvalue weighted by Crippen LogP contribution is -2.24.